The Morgan fingerprint density at radius 1 is 0.500 bits per heavy atom. The van der Waals surface area contributed by atoms with Crippen molar-refractivity contribution in [2.24, 2.45) is 0 Å². The Morgan fingerprint density at radius 3 is 1.60 bits per heavy atom. The average Bonchev–Trinajstić information content (AvgIpc) is 3.27. The lowest BCUT2D eigenvalue weighted by molar-refractivity contribution is 0.282. The number of hydrogen-bond donors (Lipinski definition) is 1. The Hall–Kier alpha value is -7.00. The van der Waals surface area contributed by atoms with Crippen LogP contribution in [0, 0.1) is 20.8 Å². The van der Waals surface area contributed by atoms with Gasteiger partial charge in [-0.1, -0.05) is 193 Å². The lowest BCUT2D eigenvalue weighted by Gasteiger charge is -2.29. The zero-order valence-corrected chi connectivity index (χ0v) is 33.3. The fraction of sp³-hybridized carbons (Fsp3) is 0.0714. The molecule has 2 heteroatoms. The molecule has 0 saturated carbocycles. The number of hydrogen-bond acceptors (Lipinski definition) is 2. The Balaban J connectivity index is 1.21. The summed E-state index contributed by atoms with van der Waals surface area (Å²) in [6.07, 6.45) is 8.88. The van der Waals surface area contributed by atoms with Crippen molar-refractivity contribution in [2.75, 3.05) is 4.90 Å². The molecule has 58 heavy (non-hydrogen) atoms. The lowest BCUT2D eigenvalue weighted by Crippen LogP contribution is -2.12. The van der Waals surface area contributed by atoms with E-state index in [2.05, 4.69) is 232 Å². The van der Waals surface area contributed by atoms with E-state index in [9.17, 15) is 5.11 Å². The van der Waals surface area contributed by atoms with Crippen LogP contribution in [0.3, 0.4) is 0 Å². The Labute approximate surface area is 343 Å². The Bertz CT molecular complexity index is 2650. The molecule has 0 amide bonds. The summed E-state index contributed by atoms with van der Waals surface area (Å²) in [6.45, 7) is 6.38. The number of anilines is 3. The van der Waals surface area contributed by atoms with Gasteiger partial charge in [-0.25, -0.2) is 0 Å². The average molecular weight is 750 g/mol. The molecule has 0 spiro atoms. The second-order valence-corrected chi connectivity index (χ2v) is 14.9. The van der Waals surface area contributed by atoms with Crippen LogP contribution in [-0.4, -0.2) is 5.11 Å². The molecule has 0 radical (unpaired) electrons. The minimum absolute atomic E-state index is 0.00111. The van der Waals surface area contributed by atoms with Gasteiger partial charge >= 0.3 is 0 Å². The lowest BCUT2D eigenvalue weighted by atomic mass is 9.94. The molecule has 8 aromatic carbocycles. The highest BCUT2D eigenvalue weighted by molar-refractivity contribution is 6.03. The molecule has 2 nitrogen and oxygen atoms in total. The molecule has 1 N–H and O–H groups in total. The minimum atomic E-state index is 0.00111. The van der Waals surface area contributed by atoms with E-state index in [1.807, 2.05) is 6.07 Å². The van der Waals surface area contributed by atoms with Crippen LogP contribution >= 0.6 is 0 Å². The molecule has 282 valence electrons. The maximum absolute atomic E-state index is 10.00. The molecule has 0 aromatic heterocycles. The van der Waals surface area contributed by atoms with E-state index in [4.69, 9.17) is 0 Å². The van der Waals surface area contributed by atoms with Crippen LogP contribution in [0.15, 0.2) is 200 Å². The summed E-state index contributed by atoms with van der Waals surface area (Å²) in [6, 6.07) is 66.9. The second kappa shape index (κ2) is 17.4. The maximum Gasteiger partial charge on any atom is 0.0681 e. The summed E-state index contributed by atoms with van der Waals surface area (Å²) in [5.41, 5.74) is 17.0. The standard InChI is InChI=1S/C56H47NO/c1-40-21-28-48(29-22-40)54(49-30-23-41(2)24-31-49)38-43-25-33-50(34-26-43)57(55-35-27-44(39-58)37-42(55)3)56-36-32-47(52-18-10-11-19-53(52)56)17-12-20-51(45-13-6-4-7-14-45)46-15-8-5-9-16-46/h4-38,58H,39H2,1-3H3. The van der Waals surface area contributed by atoms with Gasteiger partial charge in [0.25, 0.3) is 0 Å². The first-order chi connectivity index (χ1) is 28.4. The number of rotatable bonds is 11. The normalized spacial score (nSPS) is 11.1. The molecule has 0 fully saturated rings. The maximum atomic E-state index is 10.00. The predicted molar refractivity (Wildman–Crippen MR) is 248 cm³/mol. The molecule has 0 bridgehead atoms. The molecule has 8 rings (SSSR count). The van der Waals surface area contributed by atoms with Gasteiger partial charge in [0.1, 0.15) is 0 Å². The van der Waals surface area contributed by atoms with E-state index < -0.39 is 0 Å². The largest absolute Gasteiger partial charge is 0.392 e. The van der Waals surface area contributed by atoms with Crippen molar-refractivity contribution in [2.45, 2.75) is 27.4 Å². The summed E-state index contributed by atoms with van der Waals surface area (Å²) >= 11 is 0. The number of aryl methyl sites for hydroxylation is 3. The van der Waals surface area contributed by atoms with Crippen LogP contribution in [0.25, 0.3) is 34.1 Å². The van der Waals surface area contributed by atoms with Crippen molar-refractivity contribution in [3.63, 3.8) is 0 Å². The topological polar surface area (TPSA) is 23.5 Å². The van der Waals surface area contributed by atoms with E-state index in [1.54, 1.807) is 0 Å². The summed E-state index contributed by atoms with van der Waals surface area (Å²) in [7, 11) is 0. The van der Waals surface area contributed by atoms with E-state index in [0.29, 0.717) is 0 Å². The van der Waals surface area contributed by atoms with Crippen LogP contribution in [0.4, 0.5) is 17.1 Å². The van der Waals surface area contributed by atoms with Gasteiger partial charge in [-0.2, -0.15) is 0 Å². The minimum Gasteiger partial charge on any atom is -0.392 e. The van der Waals surface area contributed by atoms with E-state index in [-0.39, 0.29) is 6.61 Å². The van der Waals surface area contributed by atoms with Crippen molar-refractivity contribution in [1.82, 2.24) is 0 Å². The van der Waals surface area contributed by atoms with Crippen molar-refractivity contribution in [3.05, 3.63) is 256 Å². The molecule has 8 aromatic rings. The third-order valence-electron chi connectivity index (χ3n) is 10.8. The first-order valence-corrected chi connectivity index (χ1v) is 19.9. The van der Waals surface area contributed by atoms with Crippen molar-refractivity contribution in [1.29, 1.82) is 0 Å². The number of allylic oxidation sites excluding steroid dienone is 2. The van der Waals surface area contributed by atoms with Gasteiger partial charge in [-0.3, -0.25) is 0 Å². The first kappa shape index (κ1) is 37.9. The highest BCUT2D eigenvalue weighted by Gasteiger charge is 2.19. The van der Waals surface area contributed by atoms with Crippen LogP contribution in [0.2, 0.25) is 0 Å². The van der Waals surface area contributed by atoms with Crippen molar-refractivity contribution < 1.29 is 5.11 Å². The third-order valence-corrected chi connectivity index (χ3v) is 10.8. The molecule has 0 heterocycles. The number of nitrogens with zero attached hydrogens (tertiary/aromatic N) is 1. The zero-order chi connectivity index (χ0) is 39.8. The SMILES string of the molecule is Cc1ccc(C(=Cc2ccc(N(c3ccc(CO)cc3C)c3ccc(C=CC=C(c4ccccc4)c4ccccc4)c4ccccc34)cc2)c2ccc(C)cc2)cc1. The molecule has 0 aliphatic carbocycles. The van der Waals surface area contributed by atoms with E-state index in [0.717, 1.165) is 44.7 Å². The second-order valence-electron chi connectivity index (χ2n) is 14.9. The fourth-order valence-corrected chi connectivity index (χ4v) is 7.65. The van der Waals surface area contributed by atoms with Gasteiger partial charge in [0.05, 0.1) is 12.3 Å². The molecule has 0 unspecified atom stereocenters. The fourth-order valence-electron chi connectivity index (χ4n) is 7.65. The Kier molecular flexibility index (Phi) is 11.4. The molecule has 0 aliphatic rings. The zero-order valence-electron chi connectivity index (χ0n) is 33.3. The van der Waals surface area contributed by atoms with Crippen LogP contribution in [0.5, 0.6) is 0 Å². The van der Waals surface area contributed by atoms with Gasteiger partial charge in [0.15, 0.2) is 0 Å². The molecule has 0 aliphatic heterocycles. The van der Waals surface area contributed by atoms with Gasteiger partial charge in [0, 0.05) is 16.8 Å². The summed E-state index contributed by atoms with van der Waals surface area (Å²) < 4.78 is 0. The molecular formula is C56H47NO. The number of aliphatic hydroxyl groups excluding tert-OH is 1. The van der Waals surface area contributed by atoms with Crippen LogP contribution in [-0.2, 0) is 6.61 Å². The van der Waals surface area contributed by atoms with Crippen molar-refractivity contribution in [3.8, 4) is 0 Å². The monoisotopic (exact) mass is 749 g/mol. The molecular weight excluding hydrogens is 703 g/mol. The third kappa shape index (κ3) is 8.39. The summed E-state index contributed by atoms with van der Waals surface area (Å²) in [4.78, 5) is 2.35. The number of benzene rings is 8. The smallest absolute Gasteiger partial charge is 0.0681 e. The van der Waals surface area contributed by atoms with Gasteiger partial charge < -0.3 is 10.0 Å². The van der Waals surface area contributed by atoms with Gasteiger partial charge in [-0.15, -0.1) is 0 Å². The van der Waals surface area contributed by atoms with Crippen LogP contribution in [0.1, 0.15) is 55.6 Å². The van der Waals surface area contributed by atoms with Gasteiger partial charge in [-0.05, 0) is 112 Å². The molecule has 0 atom stereocenters. The number of fused-ring (bicyclic) bond motifs is 1. The van der Waals surface area contributed by atoms with E-state index in [1.165, 1.54) is 49.9 Å². The summed E-state index contributed by atoms with van der Waals surface area (Å²) in [5, 5.41) is 12.3. The quantitative estimate of drug-likeness (QED) is 0.105. The first-order valence-electron chi connectivity index (χ1n) is 19.9. The van der Waals surface area contributed by atoms with E-state index >= 15 is 0 Å². The van der Waals surface area contributed by atoms with Gasteiger partial charge in [0.2, 0.25) is 0 Å². The predicted octanol–water partition coefficient (Wildman–Crippen LogP) is 14.5. The highest BCUT2D eigenvalue weighted by Crippen LogP contribution is 2.42. The highest BCUT2D eigenvalue weighted by atomic mass is 16.3. The summed E-state index contributed by atoms with van der Waals surface area (Å²) in [5.74, 6) is 0. The van der Waals surface area contributed by atoms with Crippen LogP contribution < -0.4 is 4.90 Å². The van der Waals surface area contributed by atoms with Crippen molar-refractivity contribution >= 4 is 51.1 Å². The number of aliphatic hydroxyl groups is 1. The molecule has 0 saturated heterocycles. The Morgan fingerprint density at radius 2 is 1.03 bits per heavy atom.